The van der Waals surface area contributed by atoms with E-state index in [0.717, 1.165) is 16.4 Å². The van der Waals surface area contributed by atoms with E-state index in [2.05, 4.69) is 5.32 Å². The predicted octanol–water partition coefficient (Wildman–Crippen LogP) is 2.12. The highest BCUT2D eigenvalue weighted by molar-refractivity contribution is 7.92. The molecular weight excluding hydrogens is 385 g/mol. The Balaban J connectivity index is 2.46. The summed E-state index contributed by atoms with van der Waals surface area (Å²) < 4.78 is 39.9. The number of rotatable bonds is 6. The van der Waals surface area contributed by atoms with Crippen molar-refractivity contribution in [2.45, 2.75) is 11.8 Å². The summed E-state index contributed by atoms with van der Waals surface area (Å²) >= 11 is 5.71. The third-order valence-corrected chi connectivity index (χ3v) is 5.33. The number of primary amides is 1. The molecule has 0 heterocycles. The molecule has 0 spiro atoms. The van der Waals surface area contributed by atoms with Crippen molar-refractivity contribution in [2.75, 3.05) is 16.2 Å². The molecule has 0 unspecified atom stereocenters. The molecule has 0 aliphatic carbocycles. The van der Waals surface area contributed by atoms with Crippen molar-refractivity contribution in [3.8, 4) is 0 Å². The molecule has 7 nitrogen and oxygen atoms in total. The molecule has 0 aromatic heterocycles. The first kappa shape index (κ1) is 19.7. The van der Waals surface area contributed by atoms with Crippen LogP contribution < -0.4 is 15.4 Å². The number of amides is 2. The second-order valence-electron chi connectivity index (χ2n) is 5.28. The summed E-state index contributed by atoms with van der Waals surface area (Å²) in [6, 6.07) is 8.57. The van der Waals surface area contributed by atoms with Gasteiger partial charge in [-0.25, -0.2) is 12.8 Å². The first-order chi connectivity index (χ1) is 12.1. The lowest BCUT2D eigenvalue weighted by Gasteiger charge is -2.23. The average molecular weight is 400 g/mol. The number of hydrogen-bond acceptors (Lipinski definition) is 4. The van der Waals surface area contributed by atoms with Crippen LogP contribution in [0.4, 0.5) is 15.8 Å². The molecule has 2 amide bonds. The molecule has 0 aliphatic rings. The third kappa shape index (κ3) is 4.50. The maximum atomic E-state index is 13.4. The van der Waals surface area contributed by atoms with Gasteiger partial charge in [-0.15, -0.1) is 0 Å². The van der Waals surface area contributed by atoms with Crippen LogP contribution in [0.2, 0.25) is 5.02 Å². The fourth-order valence-electron chi connectivity index (χ4n) is 2.14. The Morgan fingerprint density at radius 1 is 1.19 bits per heavy atom. The fraction of sp³-hybridized carbons (Fsp3) is 0.125. The summed E-state index contributed by atoms with van der Waals surface area (Å²) in [5, 5.41) is 2.21. The number of nitrogens with one attached hydrogen (secondary N) is 1. The van der Waals surface area contributed by atoms with Gasteiger partial charge in [-0.2, -0.15) is 0 Å². The number of nitrogens with two attached hydrogens (primary N) is 1. The van der Waals surface area contributed by atoms with Crippen LogP contribution in [-0.2, 0) is 19.6 Å². The van der Waals surface area contributed by atoms with Crippen LogP contribution in [-0.4, -0.2) is 26.8 Å². The first-order valence-electron chi connectivity index (χ1n) is 7.25. The summed E-state index contributed by atoms with van der Waals surface area (Å²) in [5.41, 5.74) is 5.55. The summed E-state index contributed by atoms with van der Waals surface area (Å²) in [7, 11) is -4.19. The molecule has 0 atom stereocenters. The SMILES string of the molecule is CC(=O)Nc1ccc(S(=O)(=O)N(CC(N)=O)c2ccc(F)c(Cl)c2)cc1. The Morgan fingerprint density at radius 3 is 2.31 bits per heavy atom. The Hall–Kier alpha value is -2.65. The number of halogens is 2. The molecule has 2 rings (SSSR count). The smallest absolute Gasteiger partial charge is 0.264 e. The van der Waals surface area contributed by atoms with Gasteiger partial charge in [-0.3, -0.25) is 13.9 Å². The van der Waals surface area contributed by atoms with Crippen molar-refractivity contribution >= 4 is 44.8 Å². The van der Waals surface area contributed by atoms with Gasteiger partial charge in [-0.1, -0.05) is 11.6 Å². The zero-order chi connectivity index (χ0) is 19.5. The van der Waals surface area contributed by atoms with Crippen LogP contribution in [0.25, 0.3) is 0 Å². The van der Waals surface area contributed by atoms with Gasteiger partial charge in [0.05, 0.1) is 15.6 Å². The lowest BCUT2D eigenvalue weighted by molar-refractivity contribution is -0.116. The first-order valence-corrected chi connectivity index (χ1v) is 9.07. The fourth-order valence-corrected chi connectivity index (χ4v) is 3.74. The standard InChI is InChI=1S/C16H15ClFN3O4S/c1-10(22)20-11-2-5-13(6-3-11)26(24,25)21(9-16(19)23)12-4-7-15(18)14(17)8-12/h2-8H,9H2,1H3,(H2,19,23)(H,20,22). The molecule has 0 radical (unpaired) electrons. The van der Waals surface area contributed by atoms with Gasteiger partial charge in [0, 0.05) is 12.6 Å². The van der Waals surface area contributed by atoms with Crippen LogP contribution in [0, 0.1) is 5.82 Å². The molecule has 138 valence electrons. The quantitative estimate of drug-likeness (QED) is 0.775. The number of nitrogens with zero attached hydrogens (tertiary/aromatic N) is 1. The molecular formula is C16H15ClFN3O4S. The maximum absolute atomic E-state index is 13.4. The highest BCUT2D eigenvalue weighted by atomic mass is 35.5. The molecule has 0 aliphatic heterocycles. The van der Waals surface area contributed by atoms with Crippen molar-refractivity contribution in [2.24, 2.45) is 5.73 Å². The van der Waals surface area contributed by atoms with Gasteiger partial charge in [0.2, 0.25) is 11.8 Å². The van der Waals surface area contributed by atoms with Gasteiger partial charge in [0.25, 0.3) is 10.0 Å². The number of hydrogen-bond donors (Lipinski definition) is 2. The minimum atomic E-state index is -4.19. The maximum Gasteiger partial charge on any atom is 0.264 e. The Kier molecular flexibility index (Phi) is 5.83. The topological polar surface area (TPSA) is 110 Å². The lowest BCUT2D eigenvalue weighted by Crippen LogP contribution is -2.38. The van der Waals surface area contributed by atoms with E-state index in [1.165, 1.54) is 37.3 Å². The van der Waals surface area contributed by atoms with Gasteiger partial charge in [0.15, 0.2) is 0 Å². The second kappa shape index (κ2) is 7.71. The molecule has 2 aromatic carbocycles. The molecule has 0 saturated carbocycles. The highest BCUT2D eigenvalue weighted by Gasteiger charge is 2.27. The minimum Gasteiger partial charge on any atom is -0.368 e. The van der Waals surface area contributed by atoms with Crippen molar-refractivity contribution in [1.82, 2.24) is 0 Å². The van der Waals surface area contributed by atoms with Gasteiger partial charge in [0.1, 0.15) is 12.4 Å². The van der Waals surface area contributed by atoms with Gasteiger partial charge >= 0.3 is 0 Å². The number of sulfonamides is 1. The molecule has 10 heteroatoms. The second-order valence-corrected chi connectivity index (χ2v) is 7.55. The van der Waals surface area contributed by atoms with Crippen LogP contribution in [0.3, 0.4) is 0 Å². The van der Waals surface area contributed by atoms with E-state index in [-0.39, 0.29) is 21.5 Å². The summed E-state index contributed by atoms with van der Waals surface area (Å²) in [5.74, 6) is -1.94. The van der Waals surface area contributed by atoms with E-state index in [0.29, 0.717) is 5.69 Å². The largest absolute Gasteiger partial charge is 0.368 e. The van der Waals surface area contributed by atoms with Crippen molar-refractivity contribution < 1.29 is 22.4 Å². The summed E-state index contributed by atoms with van der Waals surface area (Å²) in [6.07, 6.45) is 0. The van der Waals surface area contributed by atoms with Gasteiger partial charge in [-0.05, 0) is 42.5 Å². The minimum absolute atomic E-state index is 0.0128. The van der Waals surface area contributed by atoms with Crippen molar-refractivity contribution in [3.05, 3.63) is 53.3 Å². The van der Waals surface area contributed by atoms with E-state index in [4.69, 9.17) is 17.3 Å². The molecule has 2 aromatic rings. The highest BCUT2D eigenvalue weighted by Crippen LogP contribution is 2.28. The van der Waals surface area contributed by atoms with E-state index < -0.39 is 28.3 Å². The number of anilines is 2. The van der Waals surface area contributed by atoms with Crippen LogP contribution >= 0.6 is 11.6 Å². The van der Waals surface area contributed by atoms with Gasteiger partial charge < -0.3 is 11.1 Å². The van der Waals surface area contributed by atoms with E-state index in [1.54, 1.807) is 0 Å². The number of carbonyl (C=O) groups is 2. The summed E-state index contributed by atoms with van der Waals surface area (Å²) in [6.45, 7) is 0.662. The van der Waals surface area contributed by atoms with Crippen LogP contribution in [0.15, 0.2) is 47.4 Å². The van der Waals surface area contributed by atoms with E-state index in [1.807, 2.05) is 0 Å². The average Bonchev–Trinajstić information content (AvgIpc) is 2.55. The van der Waals surface area contributed by atoms with Crippen LogP contribution in [0.5, 0.6) is 0 Å². The molecule has 0 bridgehead atoms. The molecule has 0 fully saturated rings. The van der Waals surface area contributed by atoms with Crippen molar-refractivity contribution in [1.29, 1.82) is 0 Å². The zero-order valence-corrected chi connectivity index (χ0v) is 15.1. The number of benzene rings is 2. The molecule has 3 N–H and O–H groups in total. The van der Waals surface area contributed by atoms with E-state index in [9.17, 15) is 22.4 Å². The normalized spacial score (nSPS) is 11.0. The molecule has 26 heavy (non-hydrogen) atoms. The Bertz CT molecular complexity index is 948. The predicted molar refractivity (Wildman–Crippen MR) is 95.9 cm³/mol. The monoisotopic (exact) mass is 399 g/mol. The zero-order valence-electron chi connectivity index (χ0n) is 13.6. The molecule has 0 saturated heterocycles. The van der Waals surface area contributed by atoms with E-state index >= 15 is 0 Å². The number of carbonyl (C=O) groups excluding carboxylic acids is 2. The Labute approximate surface area is 154 Å². The summed E-state index contributed by atoms with van der Waals surface area (Å²) in [4.78, 5) is 22.2. The van der Waals surface area contributed by atoms with Crippen molar-refractivity contribution in [3.63, 3.8) is 0 Å². The Morgan fingerprint density at radius 2 is 1.81 bits per heavy atom. The lowest BCUT2D eigenvalue weighted by atomic mass is 10.3. The van der Waals surface area contributed by atoms with Crippen LogP contribution in [0.1, 0.15) is 6.92 Å². The third-order valence-electron chi connectivity index (χ3n) is 3.25.